The number of likely N-dealkylation sites (N-methyl/N-ethyl adjacent to an activating group) is 1. The van der Waals surface area contributed by atoms with Crippen molar-refractivity contribution in [2.45, 2.75) is 26.2 Å². The van der Waals surface area contributed by atoms with Gasteiger partial charge in [0.05, 0.1) is 0 Å². The van der Waals surface area contributed by atoms with Gasteiger partial charge in [0, 0.05) is 17.5 Å². The van der Waals surface area contributed by atoms with E-state index in [1.54, 1.807) is 0 Å². The normalized spacial score (nSPS) is 12.3. The van der Waals surface area contributed by atoms with Crippen molar-refractivity contribution in [1.82, 2.24) is 5.32 Å². The average molecular weight is 288 g/mol. The Hall–Kier alpha value is -1.31. The van der Waals surface area contributed by atoms with Crippen LogP contribution in [0.3, 0.4) is 0 Å². The predicted octanol–water partition coefficient (Wildman–Crippen LogP) is 4.58. The van der Waals surface area contributed by atoms with Crippen LogP contribution in [0.1, 0.15) is 29.5 Å². The Balaban J connectivity index is 2.19. The topological polar surface area (TPSA) is 12.0 Å². The van der Waals surface area contributed by atoms with Crippen LogP contribution in [0, 0.1) is 6.92 Å². The van der Waals surface area contributed by atoms with E-state index in [0.29, 0.717) is 5.92 Å². The van der Waals surface area contributed by atoms with Gasteiger partial charge in [0.15, 0.2) is 0 Å². The standard InChI is InChI=1S/C18H22ClN/c1-3-20-13-17(15-10-8-14(2)9-11-15)12-16-6-4-5-7-18(16)19/h4-11,17,20H,3,12-13H2,1-2H3. The molecular formula is C18H22ClN. The molecule has 0 saturated carbocycles. The molecule has 0 aliphatic rings. The molecule has 106 valence electrons. The van der Waals surface area contributed by atoms with Crippen molar-refractivity contribution >= 4 is 11.6 Å². The maximum Gasteiger partial charge on any atom is 0.0438 e. The van der Waals surface area contributed by atoms with E-state index >= 15 is 0 Å². The minimum absolute atomic E-state index is 0.454. The molecule has 0 aliphatic heterocycles. The van der Waals surface area contributed by atoms with E-state index in [0.717, 1.165) is 24.5 Å². The van der Waals surface area contributed by atoms with Crippen molar-refractivity contribution in [3.63, 3.8) is 0 Å². The number of halogens is 1. The highest BCUT2D eigenvalue weighted by Gasteiger charge is 2.13. The van der Waals surface area contributed by atoms with Gasteiger partial charge in [-0.2, -0.15) is 0 Å². The van der Waals surface area contributed by atoms with E-state index in [4.69, 9.17) is 11.6 Å². The Bertz CT molecular complexity index is 533. The van der Waals surface area contributed by atoms with Crippen LogP contribution < -0.4 is 5.32 Å². The van der Waals surface area contributed by atoms with E-state index in [9.17, 15) is 0 Å². The fraction of sp³-hybridized carbons (Fsp3) is 0.333. The van der Waals surface area contributed by atoms with Gasteiger partial charge < -0.3 is 5.32 Å². The molecule has 0 amide bonds. The quantitative estimate of drug-likeness (QED) is 0.820. The van der Waals surface area contributed by atoms with E-state index in [2.05, 4.69) is 55.6 Å². The third kappa shape index (κ3) is 4.09. The molecule has 0 heterocycles. The van der Waals surface area contributed by atoms with Crippen molar-refractivity contribution in [2.24, 2.45) is 0 Å². The Morgan fingerprint density at radius 2 is 1.75 bits per heavy atom. The summed E-state index contributed by atoms with van der Waals surface area (Å²) in [7, 11) is 0. The Morgan fingerprint density at radius 1 is 1.05 bits per heavy atom. The number of rotatable bonds is 6. The first kappa shape index (κ1) is 15.1. The lowest BCUT2D eigenvalue weighted by Gasteiger charge is -2.19. The molecule has 1 N–H and O–H groups in total. The molecular weight excluding hydrogens is 266 g/mol. The molecule has 1 unspecified atom stereocenters. The maximum atomic E-state index is 6.29. The highest BCUT2D eigenvalue weighted by atomic mass is 35.5. The molecule has 0 radical (unpaired) electrons. The van der Waals surface area contributed by atoms with Crippen LogP contribution in [0.5, 0.6) is 0 Å². The minimum Gasteiger partial charge on any atom is -0.316 e. The molecule has 1 nitrogen and oxygen atoms in total. The van der Waals surface area contributed by atoms with Gasteiger partial charge >= 0.3 is 0 Å². The fourth-order valence-corrected chi connectivity index (χ4v) is 2.61. The molecule has 2 rings (SSSR count). The van der Waals surface area contributed by atoms with Crippen LogP contribution >= 0.6 is 11.6 Å². The molecule has 20 heavy (non-hydrogen) atoms. The minimum atomic E-state index is 0.454. The first-order chi connectivity index (χ1) is 9.70. The smallest absolute Gasteiger partial charge is 0.0438 e. The molecule has 0 aromatic heterocycles. The summed E-state index contributed by atoms with van der Waals surface area (Å²) in [5, 5.41) is 4.32. The summed E-state index contributed by atoms with van der Waals surface area (Å²) in [6.07, 6.45) is 0.968. The second-order valence-corrected chi connectivity index (χ2v) is 5.62. The lowest BCUT2D eigenvalue weighted by molar-refractivity contribution is 0.595. The fourth-order valence-electron chi connectivity index (χ4n) is 2.39. The molecule has 1 atom stereocenters. The van der Waals surface area contributed by atoms with Gasteiger partial charge in [0.2, 0.25) is 0 Å². The zero-order valence-electron chi connectivity index (χ0n) is 12.2. The summed E-state index contributed by atoms with van der Waals surface area (Å²) in [6.45, 7) is 6.23. The van der Waals surface area contributed by atoms with E-state index in [1.807, 2.05) is 12.1 Å². The Morgan fingerprint density at radius 3 is 2.40 bits per heavy atom. The summed E-state index contributed by atoms with van der Waals surface area (Å²) < 4.78 is 0. The summed E-state index contributed by atoms with van der Waals surface area (Å²) in [4.78, 5) is 0. The highest BCUT2D eigenvalue weighted by Crippen LogP contribution is 2.25. The van der Waals surface area contributed by atoms with E-state index in [1.165, 1.54) is 16.7 Å². The maximum absolute atomic E-state index is 6.29. The molecule has 2 aromatic rings. The predicted molar refractivity (Wildman–Crippen MR) is 87.6 cm³/mol. The molecule has 2 aromatic carbocycles. The number of benzene rings is 2. The van der Waals surface area contributed by atoms with Gasteiger partial charge in [-0.05, 0) is 37.1 Å². The first-order valence-corrected chi connectivity index (χ1v) is 7.59. The molecule has 0 saturated heterocycles. The van der Waals surface area contributed by atoms with E-state index in [-0.39, 0.29) is 0 Å². The molecule has 0 spiro atoms. The van der Waals surface area contributed by atoms with Crippen molar-refractivity contribution in [3.05, 3.63) is 70.2 Å². The monoisotopic (exact) mass is 287 g/mol. The van der Waals surface area contributed by atoms with Crippen molar-refractivity contribution < 1.29 is 0 Å². The zero-order valence-corrected chi connectivity index (χ0v) is 13.0. The van der Waals surface area contributed by atoms with Gasteiger partial charge in [-0.1, -0.05) is 66.6 Å². The Kier molecular flexibility index (Phi) is 5.63. The van der Waals surface area contributed by atoms with Crippen LogP contribution in [0.2, 0.25) is 5.02 Å². The van der Waals surface area contributed by atoms with Crippen LogP contribution in [0.25, 0.3) is 0 Å². The number of aryl methyl sites for hydroxylation is 1. The van der Waals surface area contributed by atoms with Crippen molar-refractivity contribution in [3.8, 4) is 0 Å². The third-order valence-electron chi connectivity index (χ3n) is 3.61. The van der Waals surface area contributed by atoms with Crippen molar-refractivity contribution in [1.29, 1.82) is 0 Å². The Labute approximate surface area is 127 Å². The largest absolute Gasteiger partial charge is 0.316 e. The lowest BCUT2D eigenvalue weighted by atomic mass is 9.91. The molecule has 0 aliphatic carbocycles. The average Bonchev–Trinajstić information content (AvgIpc) is 2.46. The van der Waals surface area contributed by atoms with Gasteiger partial charge in [-0.3, -0.25) is 0 Å². The second kappa shape index (κ2) is 7.47. The second-order valence-electron chi connectivity index (χ2n) is 5.21. The number of hydrogen-bond acceptors (Lipinski definition) is 1. The summed E-state index contributed by atoms with van der Waals surface area (Å²) in [6, 6.07) is 17.0. The number of hydrogen-bond donors (Lipinski definition) is 1. The van der Waals surface area contributed by atoms with Crippen LogP contribution in [0.4, 0.5) is 0 Å². The summed E-state index contributed by atoms with van der Waals surface area (Å²) in [5.41, 5.74) is 3.89. The lowest BCUT2D eigenvalue weighted by Crippen LogP contribution is -2.22. The van der Waals surface area contributed by atoms with Crippen LogP contribution in [-0.2, 0) is 6.42 Å². The summed E-state index contributed by atoms with van der Waals surface area (Å²) >= 11 is 6.29. The molecule has 0 fully saturated rings. The first-order valence-electron chi connectivity index (χ1n) is 7.21. The van der Waals surface area contributed by atoms with Gasteiger partial charge in [0.1, 0.15) is 0 Å². The number of nitrogens with one attached hydrogen (secondary N) is 1. The SMILES string of the molecule is CCNCC(Cc1ccccc1Cl)c1ccc(C)cc1. The highest BCUT2D eigenvalue weighted by molar-refractivity contribution is 6.31. The van der Waals surface area contributed by atoms with E-state index < -0.39 is 0 Å². The van der Waals surface area contributed by atoms with Gasteiger partial charge in [-0.15, -0.1) is 0 Å². The van der Waals surface area contributed by atoms with Crippen LogP contribution in [-0.4, -0.2) is 13.1 Å². The van der Waals surface area contributed by atoms with Gasteiger partial charge in [-0.25, -0.2) is 0 Å². The third-order valence-corrected chi connectivity index (χ3v) is 3.98. The summed E-state index contributed by atoms with van der Waals surface area (Å²) in [5.74, 6) is 0.454. The van der Waals surface area contributed by atoms with Gasteiger partial charge in [0.25, 0.3) is 0 Å². The van der Waals surface area contributed by atoms with Crippen LogP contribution in [0.15, 0.2) is 48.5 Å². The molecule has 0 bridgehead atoms. The zero-order chi connectivity index (χ0) is 14.4. The van der Waals surface area contributed by atoms with Crippen molar-refractivity contribution in [2.75, 3.05) is 13.1 Å². The molecule has 2 heteroatoms.